The van der Waals surface area contributed by atoms with E-state index in [0.717, 1.165) is 27.9 Å². The van der Waals surface area contributed by atoms with Crippen molar-refractivity contribution in [2.45, 2.75) is 26.7 Å². The first-order valence-electron chi connectivity index (χ1n) is 8.40. The average molecular weight is 354 g/mol. The molecule has 0 aliphatic rings. The molecule has 1 aromatic carbocycles. The highest BCUT2D eigenvalue weighted by Crippen LogP contribution is 2.23. The highest BCUT2D eigenvalue weighted by atomic mass is 16.5. The van der Waals surface area contributed by atoms with E-state index in [1.165, 1.54) is 0 Å². The van der Waals surface area contributed by atoms with Gasteiger partial charge in [-0.25, -0.2) is 9.78 Å². The third kappa shape index (κ3) is 3.77. The zero-order valence-electron chi connectivity index (χ0n) is 15.3. The van der Waals surface area contributed by atoms with E-state index < -0.39 is 0 Å². The van der Waals surface area contributed by atoms with Crippen molar-refractivity contribution >= 4 is 22.6 Å². The summed E-state index contributed by atoms with van der Waals surface area (Å²) in [6, 6.07) is 8.97. The van der Waals surface area contributed by atoms with E-state index in [-0.39, 0.29) is 11.9 Å². The molecule has 0 fully saturated rings. The van der Waals surface area contributed by atoms with Crippen molar-refractivity contribution in [1.29, 1.82) is 0 Å². The molecule has 136 valence electrons. The van der Waals surface area contributed by atoms with Gasteiger partial charge >= 0.3 is 6.03 Å². The van der Waals surface area contributed by atoms with Gasteiger partial charge in [0.15, 0.2) is 0 Å². The SMILES string of the molecule is COc1ccc2cc(NC(=O)NCC(C)c3c(C)noc3C)ccc2n1. The minimum atomic E-state index is -0.260. The maximum absolute atomic E-state index is 12.2. The molecule has 0 bridgehead atoms. The molecule has 3 rings (SSSR count). The fourth-order valence-electron chi connectivity index (χ4n) is 3.02. The fourth-order valence-corrected chi connectivity index (χ4v) is 3.02. The molecule has 7 nitrogen and oxygen atoms in total. The van der Waals surface area contributed by atoms with E-state index in [9.17, 15) is 4.79 Å². The summed E-state index contributed by atoms with van der Waals surface area (Å²) in [5, 5.41) is 10.6. The number of nitrogens with zero attached hydrogens (tertiary/aromatic N) is 2. The van der Waals surface area contributed by atoms with Gasteiger partial charge in [-0.05, 0) is 38.1 Å². The molecule has 2 heterocycles. The molecule has 7 heteroatoms. The fraction of sp³-hybridized carbons (Fsp3) is 0.316. The summed E-state index contributed by atoms with van der Waals surface area (Å²) in [4.78, 5) is 16.5. The van der Waals surface area contributed by atoms with Crippen LogP contribution in [0.5, 0.6) is 5.88 Å². The lowest BCUT2D eigenvalue weighted by Crippen LogP contribution is -2.32. The number of amides is 2. The van der Waals surface area contributed by atoms with E-state index in [0.29, 0.717) is 18.1 Å². The Balaban J connectivity index is 1.62. The van der Waals surface area contributed by atoms with Crippen LogP contribution in [-0.4, -0.2) is 29.8 Å². The van der Waals surface area contributed by atoms with Crippen molar-refractivity contribution in [2.75, 3.05) is 19.0 Å². The molecule has 0 saturated heterocycles. The van der Waals surface area contributed by atoms with Crippen molar-refractivity contribution in [2.24, 2.45) is 0 Å². The Kier molecular flexibility index (Phi) is 5.06. The van der Waals surface area contributed by atoms with Gasteiger partial charge in [0.1, 0.15) is 5.76 Å². The van der Waals surface area contributed by atoms with Gasteiger partial charge in [0.2, 0.25) is 5.88 Å². The molecule has 2 N–H and O–H groups in total. The van der Waals surface area contributed by atoms with Gasteiger partial charge in [-0.1, -0.05) is 12.1 Å². The number of carbonyl (C=O) groups excluding carboxylic acids is 1. The van der Waals surface area contributed by atoms with Crippen LogP contribution < -0.4 is 15.4 Å². The van der Waals surface area contributed by atoms with Gasteiger partial charge in [-0.2, -0.15) is 0 Å². The molecule has 3 aromatic rings. The minimum Gasteiger partial charge on any atom is -0.481 e. The first-order valence-corrected chi connectivity index (χ1v) is 8.40. The van der Waals surface area contributed by atoms with Crippen LogP contribution in [0.1, 0.15) is 29.9 Å². The largest absolute Gasteiger partial charge is 0.481 e. The van der Waals surface area contributed by atoms with Crippen molar-refractivity contribution in [3.63, 3.8) is 0 Å². The Morgan fingerprint density at radius 2 is 2.08 bits per heavy atom. The monoisotopic (exact) mass is 354 g/mol. The number of pyridine rings is 1. The number of benzene rings is 1. The molecule has 0 aliphatic heterocycles. The minimum absolute atomic E-state index is 0.111. The van der Waals surface area contributed by atoms with Gasteiger partial charge in [-0.15, -0.1) is 0 Å². The molecule has 0 aliphatic carbocycles. The quantitative estimate of drug-likeness (QED) is 0.728. The highest BCUT2D eigenvalue weighted by Gasteiger charge is 2.17. The number of aryl methyl sites for hydroxylation is 2. The summed E-state index contributed by atoms with van der Waals surface area (Å²) >= 11 is 0. The van der Waals surface area contributed by atoms with Crippen molar-refractivity contribution < 1.29 is 14.1 Å². The van der Waals surface area contributed by atoms with Crippen LogP contribution in [-0.2, 0) is 0 Å². The predicted molar refractivity (Wildman–Crippen MR) is 99.7 cm³/mol. The number of ether oxygens (including phenoxy) is 1. The first-order chi connectivity index (χ1) is 12.5. The van der Waals surface area contributed by atoms with Crippen LogP contribution in [0.2, 0.25) is 0 Å². The number of rotatable bonds is 5. The van der Waals surface area contributed by atoms with Gasteiger partial charge in [0, 0.05) is 35.2 Å². The van der Waals surface area contributed by atoms with Crippen molar-refractivity contribution in [3.8, 4) is 5.88 Å². The second-order valence-corrected chi connectivity index (χ2v) is 6.24. The molecule has 2 amide bonds. The van der Waals surface area contributed by atoms with E-state index in [1.54, 1.807) is 13.2 Å². The number of methoxy groups -OCH3 is 1. The number of urea groups is 1. The van der Waals surface area contributed by atoms with Crippen LogP contribution in [0.4, 0.5) is 10.5 Å². The maximum atomic E-state index is 12.2. The van der Waals surface area contributed by atoms with Gasteiger partial charge in [0.25, 0.3) is 0 Å². The number of hydrogen-bond acceptors (Lipinski definition) is 5. The lowest BCUT2D eigenvalue weighted by atomic mass is 10.00. The van der Waals surface area contributed by atoms with Crippen LogP contribution >= 0.6 is 0 Å². The lowest BCUT2D eigenvalue weighted by molar-refractivity contribution is 0.251. The third-order valence-electron chi connectivity index (χ3n) is 4.28. The zero-order chi connectivity index (χ0) is 18.7. The molecular weight excluding hydrogens is 332 g/mol. The zero-order valence-corrected chi connectivity index (χ0v) is 15.3. The molecule has 0 saturated carbocycles. The maximum Gasteiger partial charge on any atom is 0.319 e. The topological polar surface area (TPSA) is 89.3 Å². The number of anilines is 1. The Hall–Kier alpha value is -3.09. The van der Waals surface area contributed by atoms with Crippen LogP contribution in [0, 0.1) is 13.8 Å². The predicted octanol–water partition coefficient (Wildman–Crippen LogP) is 3.77. The Bertz CT molecular complexity index is 916. The molecule has 0 radical (unpaired) electrons. The molecule has 1 unspecified atom stereocenters. The second-order valence-electron chi connectivity index (χ2n) is 6.24. The van der Waals surface area contributed by atoms with Crippen molar-refractivity contribution in [3.05, 3.63) is 47.3 Å². The summed E-state index contributed by atoms with van der Waals surface area (Å²) in [5.74, 6) is 1.46. The van der Waals surface area contributed by atoms with E-state index in [1.807, 2.05) is 45.0 Å². The number of carbonyl (C=O) groups is 1. The number of fused-ring (bicyclic) bond motifs is 1. The third-order valence-corrected chi connectivity index (χ3v) is 4.28. The van der Waals surface area contributed by atoms with Crippen LogP contribution in [0.15, 0.2) is 34.9 Å². The normalized spacial score (nSPS) is 12.0. The van der Waals surface area contributed by atoms with Gasteiger partial charge in [0.05, 0.1) is 18.3 Å². The summed E-state index contributed by atoms with van der Waals surface area (Å²) in [7, 11) is 1.58. The molecular formula is C19H22N4O3. The molecule has 26 heavy (non-hydrogen) atoms. The van der Waals surface area contributed by atoms with Crippen LogP contribution in [0.3, 0.4) is 0 Å². The standard InChI is InChI=1S/C19H22N4O3/c1-11(18-12(2)23-26-13(18)3)10-20-19(24)21-15-6-7-16-14(9-15)5-8-17(22-16)25-4/h5-9,11H,10H2,1-4H3,(H2,20,21,24). The Labute approximate surface area is 151 Å². The highest BCUT2D eigenvalue weighted by molar-refractivity contribution is 5.92. The summed E-state index contributed by atoms with van der Waals surface area (Å²) in [5.41, 5.74) is 3.40. The van der Waals surface area contributed by atoms with Crippen LogP contribution in [0.25, 0.3) is 10.9 Å². The summed E-state index contributed by atoms with van der Waals surface area (Å²) in [6.45, 7) is 6.30. The smallest absolute Gasteiger partial charge is 0.319 e. The van der Waals surface area contributed by atoms with Gasteiger partial charge in [-0.3, -0.25) is 0 Å². The average Bonchev–Trinajstić information content (AvgIpc) is 2.97. The number of nitrogens with one attached hydrogen (secondary N) is 2. The molecule has 0 spiro atoms. The van der Waals surface area contributed by atoms with E-state index in [4.69, 9.17) is 9.26 Å². The molecule has 1 atom stereocenters. The summed E-state index contributed by atoms with van der Waals surface area (Å²) in [6.07, 6.45) is 0. The van der Waals surface area contributed by atoms with Crippen molar-refractivity contribution in [1.82, 2.24) is 15.5 Å². The number of hydrogen-bond donors (Lipinski definition) is 2. The van der Waals surface area contributed by atoms with E-state index in [2.05, 4.69) is 20.8 Å². The second kappa shape index (κ2) is 7.43. The Morgan fingerprint density at radius 1 is 1.27 bits per heavy atom. The van der Waals surface area contributed by atoms with Gasteiger partial charge < -0.3 is 19.9 Å². The molecule has 2 aromatic heterocycles. The number of aromatic nitrogens is 2. The Morgan fingerprint density at radius 3 is 2.77 bits per heavy atom. The van der Waals surface area contributed by atoms with E-state index >= 15 is 0 Å². The summed E-state index contributed by atoms with van der Waals surface area (Å²) < 4.78 is 10.3. The first kappa shape index (κ1) is 17.7. The lowest BCUT2D eigenvalue weighted by Gasteiger charge is -2.13.